The lowest BCUT2D eigenvalue weighted by Crippen LogP contribution is -2.47. The van der Waals surface area contributed by atoms with Gasteiger partial charge in [0.1, 0.15) is 11.9 Å². The number of sulfonamides is 1. The molecular formula is C15H21F4N3O6S. The Kier molecular flexibility index (Phi) is 10.2. The van der Waals surface area contributed by atoms with Crippen molar-refractivity contribution in [3.05, 3.63) is 29.6 Å². The molecule has 0 aliphatic heterocycles. The van der Waals surface area contributed by atoms with Crippen LogP contribution in [0.15, 0.2) is 23.1 Å². The molecule has 166 valence electrons. The van der Waals surface area contributed by atoms with E-state index in [1.165, 1.54) is 25.4 Å². The van der Waals surface area contributed by atoms with Gasteiger partial charge in [-0.25, -0.2) is 23.1 Å². The van der Waals surface area contributed by atoms with Crippen LogP contribution in [-0.2, 0) is 19.6 Å². The number of hydroxylamine groups is 1. The summed E-state index contributed by atoms with van der Waals surface area (Å²) in [5, 5.41) is 15.8. The van der Waals surface area contributed by atoms with E-state index < -0.39 is 39.9 Å². The number of carboxylic acid groups (broad SMARTS) is 1. The van der Waals surface area contributed by atoms with E-state index >= 15 is 0 Å². The third-order valence-corrected chi connectivity index (χ3v) is 5.45. The number of rotatable bonds is 7. The van der Waals surface area contributed by atoms with Crippen LogP contribution in [0.25, 0.3) is 0 Å². The zero-order valence-electron chi connectivity index (χ0n) is 15.4. The maximum absolute atomic E-state index is 13.3. The maximum atomic E-state index is 13.3. The van der Waals surface area contributed by atoms with E-state index in [4.69, 9.17) is 20.8 Å². The Hall–Kier alpha value is -2.29. The molecule has 1 aromatic carbocycles. The molecule has 1 aromatic rings. The Morgan fingerprint density at radius 1 is 1.31 bits per heavy atom. The topological polar surface area (TPSA) is 150 Å². The van der Waals surface area contributed by atoms with Gasteiger partial charge in [-0.05, 0) is 50.6 Å². The largest absolute Gasteiger partial charge is 0.490 e. The monoisotopic (exact) mass is 447 g/mol. The third-order valence-electron chi connectivity index (χ3n) is 3.48. The van der Waals surface area contributed by atoms with Crippen LogP contribution in [0.2, 0.25) is 0 Å². The minimum atomic E-state index is -5.08. The highest BCUT2D eigenvalue weighted by molar-refractivity contribution is 7.89. The van der Waals surface area contributed by atoms with Crippen molar-refractivity contribution in [1.82, 2.24) is 9.79 Å². The predicted octanol–water partition coefficient (Wildman–Crippen LogP) is 1.00. The van der Waals surface area contributed by atoms with Crippen molar-refractivity contribution in [1.29, 1.82) is 0 Å². The highest BCUT2D eigenvalue weighted by Crippen LogP contribution is 2.21. The molecule has 0 saturated heterocycles. The minimum absolute atomic E-state index is 0.00381. The Morgan fingerprint density at radius 2 is 1.83 bits per heavy atom. The average molecular weight is 447 g/mol. The lowest BCUT2D eigenvalue weighted by atomic mass is 10.2. The van der Waals surface area contributed by atoms with Crippen molar-refractivity contribution in [3.63, 3.8) is 0 Å². The summed E-state index contributed by atoms with van der Waals surface area (Å²) in [6, 6.07) is 2.26. The van der Waals surface area contributed by atoms with Gasteiger partial charge in [0.15, 0.2) is 0 Å². The van der Waals surface area contributed by atoms with Gasteiger partial charge in [-0.3, -0.25) is 10.0 Å². The Bertz CT molecular complexity index is 817. The number of amides is 1. The second kappa shape index (κ2) is 11.0. The van der Waals surface area contributed by atoms with Gasteiger partial charge in [-0.2, -0.15) is 17.5 Å². The lowest BCUT2D eigenvalue weighted by Gasteiger charge is -2.27. The van der Waals surface area contributed by atoms with E-state index in [0.717, 1.165) is 16.4 Å². The number of alkyl halides is 3. The van der Waals surface area contributed by atoms with E-state index in [1.807, 2.05) is 0 Å². The molecule has 29 heavy (non-hydrogen) atoms. The summed E-state index contributed by atoms with van der Waals surface area (Å²) < 4.78 is 71.3. The molecule has 0 fully saturated rings. The van der Waals surface area contributed by atoms with Crippen LogP contribution in [-0.4, -0.2) is 60.2 Å². The molecule has 0 aromatic heterocycles. The van der Waals surface area contributed by atoms with E-state index in [1.54, 1.807) is 0 Å². The summed E-state index contributed by atoms with van der Waals surface area (Å²) in [5.41, 5.74) is 7.00. The molecule has 0 aliphatic rings. The first-order valence-corrected chi connectivity index (χ1v) is 9.36. The first kappa shape index (κ1) is 26.7. The van der Waals surface area contributed by atoms with Gasteiger partial charge in [-0.15, -0.1) is 0 Å². The van der Waals surface area contributed by atoms with Crippen LogP contribution >= 0.6 is 0 Å². The van der Waals surface area contributed by atoms with Gasteiger partial charge in [0.05, 0.1) is 4.90 Å². The summed E-state index contributed by atoms with van der Waals surface area (Å²) in [5.74, 6) is -4.14. The summed E-state index contributed by atoms with van der Waals surface area (Å²) >= 11 is 0. The number of benzene rings is 1. The standard InChI is InChI=1S/C13H20FN3O4S.C2HF3O2/c1-9-8-11(4-5-12(9)14)22(20,21)17(7-3-6-15)10(2)13(18)16-19;3-2(4,5)1(6)7/h4-5,8,10,19H,3,6-7,15H2,1-2H3,(H,16,18);(H,6,7)/t10-;/m1./s1. The second-order valence-corrected chi connectivity index (χ2v) is 7.51. The Labute approximate surface area is 164 Å². The molecule has 1 amide bonds. The number of nitrogens with zero attached hydrogens (tertiary/aromatic N) is 1. The van der Waals surface area contributed by atoms with Crippen LogP contribution < -0.4 is 11.2 Å². The highest BCUT2D eigenvalue weighted by atomic mass is 32.2. The third kappa shape index (κ3) is 7.92. The summed E-state index contributed by atoms with van der Waals surface area (Å²) in [7, 11) is -4.03. The van der Waals surface area contributed by atoms with Crippen LogP contribution in [0, 0.1) is 12.7 Å². The van der Waals surface area contributed by atoms with Crippen molar-refractivity contribution in [2.75, 3.05) is 13.1 Å². The fraction of sp³-hybridized carbons (Fsp3) is 0.467. The summed E-state index contributed by atoms with van der Waals surface area (Å²) in [6.07, 6.45) is -4.75. The highest BCUT2D eigenvalue weighted by Gasteiger charge is 2.38. The van der Waals surface area contributed by atoms with Gasteiger partial charge >= 0.3 is 12.1 Å². The van der Waals surface area contributed by atoms with Crippen LogP contribution in [0.4, 0.5) is 17.6 Å². The number of hydrogen-bond acceptors (Lipinski definition) is 6. The molecule has 14 heteroatoms. The molecule has 0 radical (unpaired) electrons. The maximum Gasteiger partial charge on any atom is 0.490 e. The zero-order valence-corrected chi connectivity index (χ0v) is 16.2. The number of carboxylic acids is 1. The molecule has 0 spiro atoms. The van der Waals surface area contributed by atoms with Gasteiger partial charge in [0.25, 0.3) is 5.91 Å². The Morgan fingerprint density at radius 3 is 2.21 bits per heavy atom. The molecule has 1 rings (SSSR count). The van der Waals surface area contributed by atoms with E-state index in [-0.39, 0.29) is 23.5 Å². The van der Waals surface area contributed by atoms with Crippen LogP contribution in [0.5, 0.6) is 0 Å². The summed E-state index contributed by atoms with van der Waals surface area (Å²) in [6.45, 7) is 3.03. The molecule has 0 aliphatic carbocycles. The van der Waals surface area contributed by atoms with E-state index in [0.29, 0.717) is 6.42 Å². The van der Waals surface area contributed by atoms with Crippen molar-refractivity contribution in [3.8, 4) is 0 Å². The number of carbonyl (C=O) groups excluding carboxylic acids is 1. The van der Waals surface area contributed by atoms with Crippen LogP contribution in [0.3, 0.4) is 0 Å². The normalized spacial score (nSPS) is 12.7. The number of hydrogen-bond donors (Lipinski definition) is 4. The smallest absolute Gasteiger partial charge is 0.475 e. The Balaban J connectivity index is 0.000000956. The zero-order chi connectivity index (χ0) is 23.0. The molecule has 0 bridgehead atoms. The number of nitrogens with two attached hydrogens (primary N) is 1. The van der Waals surface area contributed by atoms with Crippen molar-refractivity contribution in [2.45, 2.75) is 37.4 Å². The van der Waals surface area contributed by atoms with Crippen molar-refractivity contribution >= 4 is 21.9 Å². The first-order chi connectivity index (χ1) is 13.2. The van der Waals surface area contributed by atoms with E-state index in [9.17, 15) is 30.8 Å². The fourth-order valence-electron chi connectivity index (χ4n) is 1.91. The average Bonchev–Trinajstić information content (AvgIpc) is 2.62. The number of aliphatic carboxylic acids is 1. The van der Waals surface area contributed by atoms with Gasteiger partial charge in [0.2, 0.25) is 10.0 Å². The minimum Gasteiger partial charge on any atom is -0.475 e. The first-order valence-electron chi connectivity index (χ1n) is 7.92. The van der Waals surface area contributed by atoms with Gasteiger partial charge < -0.3 is 10.8 Å². The molecule has 0 unspecified atom stereocenters. The molecule has 1 atom stereocenters. The molecule has 0 heterocycles. The van der Waals surface area contributed by atoms with E-state index in [2.05, 4.69) is 0 Å². The fourth-order valence-corrected chi connectivity index (χ4v) is 3.62. The SMILES string of the molecule is Cc1cc(S(=O)(=O)N(CCCN)[C@H](C)C(=O)NO)ccc1F.O=C(O)C(F)(F)F. The van der Waals surface area contributed by atoms with Crippen LogP contribution in [0.1, 0.15) is 18.9 Å². The summed E-state index contributed by atoms with van der Waals surface area (Å²) in [4.78, 5) is 20.3. The number of carbonyl (C=O) groups is 2. The lowest BCUT2D eigenvalue weighted by molar-refractivity contribution is -0.192. The molecule has 5 N–H and O–H groups in total. The quantitative estimate of drug-likeness (QED) is 0.277. The number of halogens is 4. The van der Waals surface area contributed by atoms with Crippen molar-refractivity contribution in [2.24, 2.45) is 5.73 Å². The molecular weight excluding hydrogens is 426 g/mol. The molecule has 9 nitrogen and oxygen atoms in total. The second-order valence-electron chi connectivity index (χ2n) is 5.62. The van der Waals surface area contributed by atoms with Gasteiger partial charge in [-0.1, -0.05) is 0 Å². The van der Waals surface area contributed by atoms with Gasteiger partial charge in [0, 0.05) is 6.54 Å². The number of aryl methyl sites for hydroxylation is 1. The van der Waals surface area contributed by atoms with Crippen molar-refractivity contribution < 1.29 is 45.9 Å². The number of nitrogens with one attached hydrogen (secondary N) is 1. The molecule has 0 saturated carbocycles. The predicted molar refractivity (Wildman–Crippen MR) is 91.8 cm³/mol.